The van der Waals surface area contributed by atoms with Crippen molar-refractivity contribution in [1.82, 2.24) is 14.5 Å². The minimum atomic E-state index is -0.785. The van der Waals surface area contributed by atoms with Crippen LogP contribution in [0.5, 0.6) is 0 Å². The third-order valence-corrected chi connectivity index (χ3v) is 5.28. The van der Waals surface area contributed by atoms with E-state index in [1.54, 1.807) is 0 Å². The van der Waals surface area contributed by atoms with Crippen molar-refractivity contribution in [2.24, 2.45) is 0 Å². The highest BCUT2D eigenvalue weighted by atomic mass is 32.2. The van der Waals surface area contributed by atoms with E-state index >= 15 is 0 Å². The molecule has 0 spiro atoms. The first-order chi connectivity index (χ1) is 10.1. The van der Waals surface area contributed by atoms with Crippen LogP contribution in [0.4, 0.5) is 0 Å². The van der Waals surface area contributed by atoms with E-state index < -0.39 is 5.97 Å². The molecule has 2 fully saturated rings. The molecule has 1 atom stereocenters. The fourth-order valence-electron chi connectivity index (χ4n) is 3.13. The van der Waals surface area contributed by atoms with E-state index in [0.29, 0.717) is 12.0 Å². The van der Waals surface area contributed by atoms with Crippen LogP contribution in [0.15, 0.2) is 11.4 Å². The molecule has 2 heterocycles. The summed E-state index contributed by atoms with van der Waals surface area (Å²) >= 11 is 1.34. The Hall–Kier alpha value is -1.01. The van der Waals surface area contributed by atoms with Gasteiger partial charge in [0.2, 0.25) is 0 Å². The zero-order chi connectivity index (χ0) is 15.0. The highest BCUT2D eigenvalue weighted by molar-refractivity contribution is 7.99. The minimum absolute atomic E-state index is 0.0770. The van der Waals surface area contributed by atoms with Crippen LogP contribution in [0.25, 0.3) is 0 Å². The van der Waals surface area contributed by atoms with Crippen LogP contribution in [0.2, 0.25) is 0 Å². The molecule has 3 rings (SSSR count). The molecule has 0 radical (unpaired) electrons. The summed E-state index contributed by atoms with van der Waals surface area (Å²) in [4.78, 5) is 17.9. The van der Waals surface area contributed by atoms with Crippen molar-refractivity contribution in [3.63, 3.8) is 0 Å². The van der Waals surface area contributed by atoms with Crippen LogP contribution in [0.3, 0.4) is 0 Å². The molecule has 1 N–H and O–H groups in total. The summed E-state index contributed by atoms with van der Waals surface area (Å²) in [6.45, 7) is 6.59. The van der Waals surface area contributed by atoms with Gasteiger partial charge in [-0.05, 0) is 25.2 Å². The van der Waals surface area contributed by atoms with Gasteiger partial charge >= 0.3 is 5.97 Å². The molecule has 1 saturated heterocycles. The lowest BCUT2D eigenvalue weighted by Crippen LogP contribution is -2.24. The van der Waals surface area contributed by atoms with Gasteiger partial charge in [0.05, 0.1) is 5.75 Å². The summed E-state index contributed by atoms with van der Waals surface area (Å²) in [5.74, 6) is -0.300. The molecule has 1 aromatic heterocycles. The summed E-state index contributed by atoms with van der Waals surface area (Å²) in [7, 11) is 0. The van der Waals surface area contributed by atoms with Gasteiger partial charge in [0.25, 0.3) is 0 Å². The predicted molar refractivity (Wildman–Crippen MR) is 82.9 cm³/mol. The molecule has 6 heteroatoms. The van der Waals surface area contributed by atoms with Gasteiger partial charge in [-0.25, -0.2) is 4.98 Å². The van der Waals surface area contributed by atoms with Crippen LogP contribution in [0.1, 0.15) is 50.8 Å². The zero-order valence-electron chi connectivity index (χ0n) is 12.7. The largest absolute Gasteiger partial charge is 0.481 e. The zero-order valence-corrected chi connectivity index (χ0v) is 13.5. The van der Waals surface area contributed by atoms with Crippen molar-refractivity contribution in [3.8, 4) is 0 Å². The maximum absolute atomic E-state index is 10.8. The van der Waals surface area contributed by atoms with Gasteiger partial charge in [-0.3, -0.25) is 9.69 Å². The van der Waals surface area contributed by atoms with E-state index in [0.717, 1.165) is 30.7 Å². The van der Waals surface area contributed by atoms with Crippen LogP contribution in [-0.4, -0.2) is 50.4 Å². The van der Waals surface area contributed by atoms with Gasteiger partial charge in [-0.1, -0.05) is 25.6 Å². The molecule has 1 aromatic rings. The molecular formula is C15H23N3O2S. The van der Waals surface area contributed by atoms with E-state index in [-0.39, 0.29) is 5.75 Å². The molecule has 0 amide bonds. The second-order valence-electron chi connectivity index (χ2n) is 6.34. The number of carbonyl (C=O) groups is 1. The van der Waals surface area contributed by atoms with E-state index in [1.807, 2.05) is 6.20 Å². The number of aliphatic carboxylic acids is 1. The van der Waals surface area contributed by atoms with E-state index in [4.69, 9.17) is 5.11 Å². The molecular weight excluding hydrogens is 286 g/mol. The number of rotatable bonds is 6. The van der Waals surface area contributed by atoms with E-state index in [9.17, 15) is 4.79 Å². The van der Waals surface area contributed by atoms with Crippen LogP contribution in [0, 0.1) is 0 Å². The average Bonchev–Trinajstić information content (AvgIpc) is 3.02. The Morgan fingerprint density at radius 1 is 1.43 bits per heavy atom. The SMILES string of the molecule is CC(C)c1cnc(SCC(=O)O)n1C1CCN(C2CC2)C1. The second kappa shape index (κ2) is 6.01. The van der Waals surface area contributed by atoms with Crippen molar-refractivity contribution in [3.05, 3.63) is 11.9 Å². The van der Waals surface area contributed by atoms with Gasteiger partial charge in [0.15, 0.2) is 5.16 Å². The minimum Gasteiger partial charge on any atom is -0.481 e. The molecule has 116 valence electrons. The van der Waals surface area contributed by atoms with E-state index in [2.05, 4.69) is 28.3 Å². The Morgan fingerprint density at radius 2 is 2.19 bits per heavy atom. The van der Waals surface area contributed by atoms with Gasteiger partial charge in [-0.15, -0.1) is 0 Å². The predicted octanol–water partition coefficient (Wildman–Crippen LogP) is 2.59. The Morgan fingerprint density at radius 3 is 2.81 bits per heavy atom. The van der Waals surface area contributed by atoms with Crippen LogP contribution in [-0.2, 0) is 4.79 Å². The number of aromatic nitrogens is 2. The lowest BCUT2D eigenvalue weighted by atomic mass is 10.1. The van der Waals surface area contributed by atoms with Crippen molar-refractivity contribution >= 4 is 17.7 Å². The Balaban J connectivity index is 1.80. The number of likely N-dealkylation sites (tertiary alicyclic amines) is 1. The van der Waals surface area contributed by atoms with Gasteiger partial charge in [0, 0.05) is 37.1 Å². The van der Waals surface area contributed by atoms with Crippen molar-refractivity contribution in [1.29, 1.82) is 0 Å². The smallest absolute Gasteiger partial charge is 0.313 e. The molecule has 5 nitrogen and oxygen atoms in total. The van der Waals surface area contributed by atoms with Crippen molar-refractivity contribution < 1.29 is 9.90 Å². The average molecular weight is 309 g/mol. The molecule has 2 aliphatic rings. The van der Waals surface area contributed by atoms with Gasteiger partial charge < -0.3 is 9.67 Å². The molecule has 1 aliphatic carbocycles. The molecule has 0 bridgehead atoms. The summed E-state index contributed by atoms with van der Waals surface area (Å²) in [5, 5.41) is 9.77. The van der Waals surface area contributed by atoms with Crippen molar-refractivity contribution in [2.75, 3.05) is 18.8 Å². The van der Waals surface area contributed by atoms with Crippen LogP contribution < -0.4 is 0 Å². The first-order valence-electron chi connectivity index (χ1n) is 7.72. The van der Waals surface area contributed by atoms with Gasteiger partial charge in [0.1, 0.15) is 0 Å². The maximum atomic E-state index is 10.8. The second-order valence-corrected chi connectivity index (χ2v) is 7.28. The number of thioether (sulfide) groups is 1. The Bertz CT molecular complexity index is 525. The number of carboxylic acid groups (broad SMARTS) is 1. The highest BCUT2D eigenvalue weighted by Crippen LogP contribution is 2.36. The van der Waals surface area contributed by atoms with Crippen LogP contribution >= 0.6 is 11.8 Å². The first kappa shape index (κ1) is 14.9. The molecule has 0 aromatic carbocycles. The monoisotopic (exact) mass is 309 g/mol. The Labute approximate surface area is 129 Å². The number of hydrogen-bond acceptors (Lipinski definition) is 4. The van der Waals surface area contributed by atoms with E-state index in [1.165, 1.54) is 30.3 Å². The lowest BCUT2D eigenvalue weighted by Gasteiger charge is -2.21. The molecule has 21 heavy (non-hydrogen) atoms. The summed E-state index contributed by atoms with van der Waals surface area (Å²) in [6.07, 6.45) is 5.75. The quantitative estimate of drug-likeness (QED) is 0.819. The summed E-state index contributed by atoms with van der Waals surface area (Å²) < 4.78 is 2.31. The summed E-state index contributed by atoms with van der Waals surface area (Å²) in [6, 6.07) is 1.25. The standard InChI is InChI=1S/C15H23N3O2S/c1-10(2)13-7-16-15(21-9-14(19)20)18(13)12-5-6-17(8-12)11-3-4-11/h7,10-12H,3-6,8-9H2,1-2H3,(H,19,20). The topological polar surface area (TPSA) is 58.4 Å². The third-order valence-electron chi connectivity index (χ3n) is 4.33. The molecule has 1 unspecified atom stereocenters. The first-order valence-corrected chi connectivity index (χ1v) is 8.70. The Kier molecular flexibility index (Phi) is 4.26. The summed E-state index contributed by atoms with van der Waals surface area (Å²) in [5.41, 5.74) is 1.23. The lowest BCUT2D eigenvalue weighted by molar-refractivity contribution is -0.133. The normalized spacial score (nSPS) is 23.1. The fraction of sp³-hybridized carbons (Fsp3) is 0.733. The number of imidazole rings is 1. The van der Waals surface area contributed by atoms with Gasteiger partial charge in [-0.2, -0.15) is 0 Å². The van der Waals surface area contributed by atoms with Crippen molar-refractivity contribution in [2.45, 2.75) is 56.3 Å². The number of hydrogen-bond donors (Lipinski definition) is 1. The maximum Gasteiger partial charge on any atom is 0.313 e. The fourth-order valence-corrected chi connectivity index (χ4v) is 3.91. The third kappa shape index (κ3) is 3.26. The highest BCUT2D eigenvalue weighted by Gasteiger charge is 2.36. The number of carboxylic acids is 1. The molecule has 1 aliphatic heterocycles. The molecule has 1 saturated carbocycles. The number of nitrogens with zero attached hydrogens (tertiary/aromatic N) is 3.